The topological polar surface area (TPSA) is 83.3 Å². The number of amides is 1. The molecule has 0 saturated carbocycles. The summed E-state index contributed by atoms with van der Waals surface area (Å²) in [5, 5.41) is 8.38. The normalized spacial score (nSPS) is 15.6. The van der Waals surface area contributed by atoms with Crippen molar-refractivity contribution in [1.82, 2.24) is 15.4 Å². The lowest BCUT2D eigenvalue weighted by Crippen LogP contribution is -2.46. The number of nitrogens with zero attached hydrogens (tertiary/aromatic N) is 4. The Morgan fingerprint density at radius 1 is 0.949 bits per heavy atom. The first-order valence-electron chi connectivity index (χ1n) is 12.8. The number of aromatic nitrogens is 1. The van der Waals surface area contributed by atoms with Crippen LogP contribution in [-0.2, 0) is 4.74 Å². The van der Waals surface area contributed by atoms with Gasteiger partial charge in [-0.15, -0.1) is 37.2 Å². The molecule has 2 aromatic carbocycles. The van der Waals surface area contributed by atoms with Crippen LogP contribution in [0.2, 0.25) is 0 Å². The van der Waals surface area contributed by atoms with E-state index in [2.05, 4.69) is 31.2 Å². The minimum Gasteiger partial charge on any atom is -0.497 e. The van der Waals surface area contributed by atoms with Crippen LogP contribution in [-0.4, -0.2) is 88.6 Å². The highest BCUT2D eigenvalue weighted by molar-refractivity contribution is 5.95. The lowest BCUT2D eigenvalue weighted by molar-refractivity contribution is 0.0952. The number of rotatable bonds is 9. The molecular formula is C27H38Cl3N5O4. The van der Waals surface area contributed by atoms with Crippen LogP contribution in [0.15, 0.2) is 47.0 Å². The van der Waals surface area contributed by atoms with Crippen LogP contribution < -0.4 is 19.9 Å². The van der Waals surface area contributed by atoms with Gasteiger partial charge in [0.05, 0.1) is 25.7 Å². The van der Waals surface area contributed by atoms with Gasteiger partial charge in [-0.1, -0.05) is 11.2 Å². The molecule has 0 atom stereocenters. The second kappa shape index (κ2) is 16.0. The van der Waals surface area contributed by atoms with Crippen LogP contribution in [0.5, 0.6) is 5.75 Å². The molecule has 3 heterocycles. The number of halogens is 3. The molecule has 39 heavy (non-hydrogen) atoms. The standard InChI is InChI=1S/C27H35N5O4.3ClH/c1-34-23-7-8-25-24(20-23)26(29-36-25)32-13-11-30(12-14-32)10-3-2-9-28-27(33)21-5-4-6-22(19-21)31-15-17-35-18-16-31;;;/h4-8,19-20H,2-3,9-18H2,1H3,(H,28,33);3*1H. The number of carbonyl (C=O) groups excluding carboxylic acids is 1. The fraction of sp³-hybridized carbons (Fsp3) is 0.481. The minimum absolute atomic E-state index is 0. The average Bonchev–Trinajstić information content (AvgIpc) is 3.37. The Hall–Kier alpha value is -2.43. The van der Waals surface area contributed by atoms with Crippen molar-refractivity contribution in [3.63, 3.8) is 0 Å². The molecule has 3 aromatic rings. The van der Waals surface area contributed by atoms with Gasteiger partial charge in [-0.3, -0.25) is 9.69 Å². The van der Waals surface area contributed by atoms with Crippen LogP contribution >= 0.6 is 37.2 Å². The molecular weight excluding hydrogens is 565 g/mol. The smallest absolute Gasteiger partial charge is 0.251 e. The van der Waals surface area contributed by atoms with E-state index in [0.29, 0.717) is 12.1 Å². The van der Waals surface area contributed by atoms with E-state index < -0.39 is 0 Å². The van der Waals surface area contributed by atoms with E-state index >= 15 is 0 Å². The number of methoxy groups -OCH3 is 1. The van der Waals surface area contributed by atoms with E-state index in [-0.39, 0.29) is 43.1 Å². The molecule has 1 aromatic heterocycles. The Bertz CT molecular complexity index is 1170. The maximum absolute atomic E-state index is 12.6. The van der Waals surface area contributed by atoms with Crippen LogP contribution in [0.3, 0.4) is 0 Å². The van der Waals surface area contributed by atoms with Gasteiger partial charge in [0, 0.05) is 57.1 Å². The van der Waals surface area contributed by atoms with Crippen molar-refractivity contribution in [3.8, 4) is 5.75 Å². The van der Waals surface area contributed by atoms with E-state index in [4.69, 9.17) is 14.0 Å². The zero-order valence-electron chi connectivity index (χ0n) is 22.2. The zero-order chi connectivity index (χ0) is 24.7. The second-order valence-electron chi connectivity index (χ2n) is 9.31. The Morgan fingerprint density at radius 3 is 2.46 bits per heavy atom. The first-order chi connectivity index (χ1) is 17.7. The molecule has 0 radical (unpaired) electrons. The summed E-state index contributed by atoms with van der Waals surface area (Å²) in [6.45, 7) is 8.71. The summed E-state index contributed by atoms with van der Waals surface area (Å²) in [4.78, 5) is 19.7. The third kappa shape index (κ3) is 8.28. The molecule has 1 amide bonds. The Morgan fingerprint density at radius 2 is 1.72 bits per heavy atom. The SMILES string of the molecule is COc1ccc2onc(N3CCN(CCCCNC(=O)c4cccc(N5CCOCC5)c4)CC3)c2c1.Cl.Cl.Cl. The number of carbonyl (C=O) groups is 1. The highest BCUT2D eigenvalue weighted by Gasteiger charge is 2.22. The van der Waals surface area contributed by atoms with Crippen LogP contribution in [0.4, 0.5) is 11.5 Å². The number of piperazine rings is 1. The van der Waals surface area contributed by atoms with Gasteiger partial charge in [0.25, 0.3) is 5.91 Å². The molecule has 0 aliphatic carbocycles. The molecule has 0 bridgehead atoms. The number of hydrogen-bond acceptors (Lipinski definition) is 8. The molecule has 12 heteroatoms. The van der Waals surface area contributed by atoms with Crippen molar-refractivity contribution < 1.29 is 18.8 Å². The third-order valence-corrected chi connectivity index (χ3v) is 7.00. The average molecular weight is 603 g/mol. The number of fused-ring (bicyclic) bond motifs is 1. The van der Waals surface area contributed by atoms with Crippen LogP contribution in [0, 0.1) is 0 Å². The number of ether oxygens (including phenoxy) is 2. The number of anilines is 2. The monoisotopic (exact) mass is 601 g/mol. The van der Waals surface area contributed by atoms with E-state index in [1.807, 2.05) is 36.4 Å². The molecule has 0 spiro atoms. The number of hydrogen-bond donors (Lipinski definition) is 1. The Balaban J connectivity index is 0.00000178. The molecule has 1 N–H and O–H groups in total. The Kier molecular flexibility index (Phi) is 13.4. The summed E-state index contributed by atoms with van der Waals surface area (Å²) in [5.74, 6) is 1.70. The molecule has 0 unspecified atom stereocenters. The lowest BCUT2D eigenvalue weighted by atomic mass is 10.1. The first kappa shape index (κ1) is 32.8. The highest BCUT2D eigenvalue weighted by atomic mass is 35.5. The summed E-state index contributed by atoms with van der Waals surface area (Å²) in [6, 6.07) is 13.7. The summed E-state index contributed by atoms with van der Waals surface area (Å²) in [5.41, 5.74) is 2.58. The van der Waals surface area contributed by atoms with E-state index in [1.54, 1.807) is 7.11 Å². The fourth-order valence-electron chi connectivity index (χ4n) is 4.87. The molecule has 9 nitrogen and oxygen atoms in total. The van der Waals surface area contributed by atoms with E-state index in [9.17, 15) is 4.79 Å². The van der Waals surface area contributed by atoms with Gasteiger partial charge in [-0.05, 0) is 55.8 Å². The number of unbranched alkanes of at least 4 members (excludes halogenated alkanes) is 1. The van der Waals surface area contributed by atoms with E-state index in [0.717, 1.165) is 100 Å². The zero-order valence-corrected chi connectivity index (χ0v) is 24.6. The number of nitrogens with one attached hydrogen (secondary N) is 1. The van der Waals surface area contributed by atoms with Gasteiger partial charge < -0.3 is 29.1 Å². The summed E-state index contributed by atoms with van der Waals surface area (Å²) in [6.07, 6.45) is 2.01. The van der Waals surface area contributed by atoms with E-state index in [1.165, 1.54) is 0 Å². The molecule has 2 aliphatic rings. The molecule has 5 rings (SSSR count). The van der Waals surface area contributed by atoms with Crippen LogP contribution in [0.1, 0.15) is 23.2 Å². The predicted octanol–water partition coefficient (Wildman–Crippen LogP) is 4.27. The molecule has 2 saturated heterocycles. The first-order valence-corrected chi connectivity index (χ1v) is 12.8. The van der Waals surface area contributed by atoms with Gasteiger partial charge >= 0.3 is 0 Å². The van der Waals surface area contributed by atoms with Gasteiger partial charge in [-0.25, -0.2) is 0 Å². The van der Waals surface area contributed by atoms with Crippen molar-refractivity contribution in [3.05, 3.63) is 48.0 Å². The van der Waals surface area contributed by atoms with Gasteiger partial charge in [0.15, 0.2) is 11.4 Å². The molecule has 2 aliphatic heterocycles. The quantitative estimate of drug-likeness (QED) is 0.364. The lowest BCUT2D eigenvalue weighted by Gasteiger charge is -2.34. The number of morpholine rings is 1. The van der Waals surface area contributed by atoms with Crippen molar-refractivity contribution in [2.75, 3.05) is 82.5 Å². The third-order valence-electron chi connectivity index (χ3n) is 7.00. The fourth-order valence-corrected chi connectivity index (χ4v) is 4.87. The van der Waals surface area contributed by atoms with Crippen molar-refractivity contribution in [2.24, 2.45) is 0 Å². The summed E-state index contributed by atoms with van der Waals surface area (Å²) >= 11 is 0. The van der Waals surface area contributed by atoms with Gasteiger partial charge in [-0.2, -0.15) is 0 Å². The largest absolute Gasteiger partial charge is 0.497 e. The van der Waals surface area contributed by atoms with Crippen molar-refractivity contribution >= 4 is 65.6 Å². The van der Waals surface area contributed by atoms with Crippen molar-refractivity contribution in [2.45, 2.75) is 12.8 Å². The molecule has 2 fully saturated rings. The summed E-state index contributed by atoms with van der Waals surface area (Å²) < 4.78 is 16.3. The van der Waals surface area contributed by atoms with Crippen molar-refractivity contribution in [1.29, 1.82) is 0 Å². The maximum atomic E-state index is 12.6. The maximum Gasteiger partial charge on any atom is 0.251 e. The van der Waals surface area contributed by atoms with Gasteiger partial charge in [0.1, 0.15) is 5.75 Å². The van der Waals surface area contributed by atoms with Gasteiger partial charge in [0.2, 0.25) is 0 Å². The predicted molar refractivity (Wildman–Crippen MR) is 162 cm³/mol. The highest BCUT2D eigenvalue weighted by Crippen LogP contribution is 2.30. The van der Waals surface area contributed by atoms with Crippen LogP contribution in [0.25, 0.3) is 11.0 Å². The summed E-state index contributed by atoms with van der Waals surface area (Å²) in [7, 11) is 1.67. The number of benzene rings is 2. The Labute approximate surface area is 248 Å². The second-order valence-corrected chi connectivity index (χ2v) is 9.31. The molecule has 216 valence electrons. The minimum atomic E-state index is -0.00445.